The molecule has 10 aromatic rings. The van der Waals surface area contributed by atoms with Gasteiger partial charge in [0.1, 0.15) is 0 Å². The van der Waals surface area contributed by atoms with Gasteiger partial charge in [-0.25, -0.2) is 16.8 Å². The van der Waals surface area contributed by atoms with E-state index in [0.717, 1.165) is 89.4 Å². The molecular formula is C62H38N2O6S2. The minimum Gasteiger partial charge on any atom is -0.453 e. The Labute approximate surface area is 415 Å². The second-order valence-corrected chi connectivity index (χ2v) is 21.8. The summed E-state index contributed by atoms with van der Waals surface area (Å²) in [6, 6.07) is 66.4. The predicted molar refractivity (Wildman–Crippen MR) is 291 cm³/mol. The number of hydrogen-bond acceptors (Lipinski definition) is 8. The molecule has 0 aromatic heterocycles. The molecule has 0 aliphatic carbocycles. The van der Waals surface area contributed by atoms with Crippen molar-refractivity contribution in [2.75, 3.05) is 9.80 Å². The van der Waals surface area contributed by atoms with Crippen LogP contribution in [0.3, 0.4) is 0 Å². The van der Waals surface area contributed by atoms with Crippen LogP contribution in [0.1, 0.15) is 22.3 Å². The average molecular weight is 971 g/mol. The predicted octanol–water partition coefficient (Wildman–Crippen LogP) is 15.9. The molecule has 0 saturated carbocycles. The molecule has 0 unspecified atom stereocenters. The van der Waals surface area contributed by atoms with Gasteiger partial charge in [0.05, 0.1) is 42.4 Å². The Balaban J connectivity index is 1.06. The first-order valence-electron chi connectivity index (χ1n) is 23.5. The van der Waals surface area contributed by atoms with Gasteiger partial charge in [-0.3, -0.25) is 0 Å². The van der Waals surface area contributed by atoms with Gasteiger partial charge in [-0.05, 0) is 153 Å². The molecule has 0 spiro atoms. The molecule has 8 nitrogen and oxygen atoms in total. The number of para-hydroxylation sites is 8. The monoisotopic (exact) mass is 970 g/mol. The van der Waals surface area contributed by atoms with Crippen LogP contribution in [0, 0.1) is 0 Å². The van der Waals surface area contributed by atoms with Crippen LogP contribution in [0.2, 0.25) is 0 Å². The molecule has 0 fully saturated rings. The van der Waals surface area contributed by atoms with E-state index in [1.807, 2.05) is 121 Å². The number of benzene rings is 10. The molecule has 4 aliphatic heterocycles. The fraction of sp³-hybridized carbons (Fsp3) is 0. The van der Waals surface area contributed by atoms with Gasteiger partial charge in [-0.15, -0.1) is 0 Å². The van der Waals surface area contributed by atoms with Crippen LogP contribution < -0.4 is 19.3 Å². The lowest BCUT2D eigenvalue weighted by atomic mass is 9.90. The fourth-order valence-electron chi connectivity index (χ4n) is 10.8. The molecule has 0 bridgehead atoms. The zero-order chi connectivity index (χ0) is 48.3. The highest BCUT2D eigenvalue weighted by Gasteiger charge is 2.37. The van der Waals surface area contributed by atoms with Crippen LogP contribution >= 0.6 is 0 Å². The minimum absolute atomic E-state index is 0.0221. The van der Waals surface area contributed by atoms with Crippen molar-refractivity contribution < 1.29 is 26.3 Å². The number of rotatable bonds is 6. The Kier molecular flexibility index (Phi) is 9.20. The number of hydrogen-bond donors (Lipinski definition) is 0. The Morgan fingerprint density at radius 2 is 0.597 bits per heavy atom. The molecule has 10 heteroatoms. The second kappa shape index (κ2) is 15.8. The highest BCUT2D eigenvalue weighted by atomic mass is 32.2. The number of fused-ring (bicyclic) bond motifs is 10. The van der Waals surface area contributed by atoms with Crippen LogP contribution in [0.15, 0.2) is 231 Å². The number of allylic oxidation sites excluding steroid dienone is 4. The van der Waals surface area contributed by atoms with E-state index in [0.29, 0.717) is 22.3 Å². The highest BCUT2D eigenvalue weighted by molar-refractivity contribution is 8.10. The second-order valence-electron chi connectivity index (χ2n) is 18.0. The van der Waals surface area contributed by atoms with Crippen molar-refractivity contribution in [1.82, 2.24) is 0 Å². The fourth-order valence-corrected chi connectivity index (χ4v) is 14.0. The summed E-state index contributed by atoms with van der Waals surface area (Å²) < 4.78 is 72.7. The van der Waals surface area contributed by atoms with E-state index in [4.69, 9.17) is 9.47 Å². The molecule has 0 N–H and O–H groups in total. The Hall–Kier alpha value is -8.96. The quantitative estimate of drug-likeness (QED) is 0.152. The number of anilines is 6. The van der Waals surface area contributed by atoms with E-state index in [1.54, 1.807) is 72.8 Å². The third-order valence-electron chi connectivity index (χ3n) is 14.0. The summed E-state index contributed by atoms with van der Waals surface area (Å²) in [5.41, 5.74) is 6.96. The molecule has 0 atom stereocenters. The van der Waals surface area contributed by atoms with E-state index in [9.17, 15) is 16.8 Å². The maximum Gasteiger partial charge on any atom is 0.207 e. The van der Waals surface area contributed by atoms with Crippen molar-refractivity contribution in [3.05, 3.63) is 253 Å². The SMILES string of the molecule is O=S1(=O)C(c2ccccc2)=CC=C1c1cc2c3ccc(N4c5ccccc5Oc5ccccc54)cc3c3cc(N4c5ccccc5Oc5ccccc54)ccc3c2cc1C1=CC=C(c2ccccc2)S1(=O)=O. The molecule has 10 aromatic carbocycles. The van der Waals surface area contributed by atoms with Crippen molar-refractivity contribution in [2.45, 2.75) is 0 Å². The highest BCUT2D eigenvalue weighted by Crippen LogP contribution is 2.54. The Bertz CT molecular complexity index is 4000. The molecular weight excluding hydrogens is 933 g/mol. The first-order chi connectivity index (χ1) is 35.2. The third-order valence-corrected chi connectivity index (χ3v) is 17.8. The largest absolute Gasteiger partial charge is 0.453 e. The molecule has 72 heavy (non-hydrogen) atoms. The van der Waals surface area contributed by atoms with Gasteiger partial charge in [0.2, 0.25) is 19.7 Å². The smallest absolute Gasteiger partial charge is 0.207 e. The first-order valence-corrected chi connectivity index (χ1v) is 26.4. The summed E-state index contributed by atoms with van der Waals surface area (Å²) in [5.74, 6) is 2.89. The standard InChI is InChI=1S/C62H38N2O6S2/c65-71(66)59(39-15-3-1-4-16-39)31-33-61(71)49-37-47-43-29-27-41(63-51-19-7-11-23-55(51)69-56-24-12-8-20-52(56)63)35-45(43)46-36-42(64-53-21-9-13-25-57(53)70-58-26-14-10-22-54(58)64)28-30-44(46)48(47)38-50(49)62-34-32-60(72(62,67)68)40-17-5-2-6-18-40/h1-38H. The minimum atomic E-state index is -4.15. The van der Waals surface area contributed by atoms with Gasteiger partial charge in [0.15, 0.2) is 23.0 Å². The van der Waals surface area contributed by atoms with Crippen molar-refractivity contribution in [2.24, 2.45) is 0 Å². The van der Waals surface area contributed by atoms with E-state index < -0.39 is 19.7 Å². The Morgan fingerprint density at radius 3 is 0.958 bits per heavy atom. The molecule has 0 radical (unpaired) electrons. The summed E-state index contributed by atoms with van der Waals surface area (Å²) in [7, 11) is -8.30. The van der Waals surface area contributed by atoms with Crippen molar-refractivity contribution in [3.8, 4) is 23.0 Å². The van der Waals surface area contributed by atoms with E-state index in [1.165, 1.54) is 0 Å². The lowest BCUT2D eigenvalue weighted by molar-refractivity contribution is 0.477. The molecule has 344 valence electrons. The van der Waals surface area contributed by atoms with Gasteiger partial charge in [-0.1, -0.05) is 121 Å². The topological polar surface area (TPSA) is 93.2 Å². The zero-order valence-corrected chi connectivity index (χ0v) is 39.7. The number of ether oxygens (including phenoxy) is 2. The summed E-state index contributed by atoms with van der Waals surface area (Å²) in [4.78, 5) is 4.75. The molecule has 0 saturated heterocycles. The lowest BCUT2D eigenvalue weighted by Gasteiger charge is -2.33. The van der Waals surface area contributed by atoms with Gasteiger partial charge in [0.25, 0.3) is 0 Å². The van der Waals surface area contributed by atoms with Crippen LogP contribution in [-0.4, -0.2) is 16.8 Å². The van der Waals surface area contributed by atoms with Crippen molar-refractivity contribution in [1.29, 1.82) is 0 Å². The van der Waals surface area contributed by atoms with Crippen LogP contribution in [0.25, 0.3) is 51.9 Å². The first kappa shape index (κ1) is 42.0. The maximum absolute atomic E-state index is 15.0. The number of nitrogens with zero attached hydrogens (tertiary/aromatic N) is 2. The normalized spacial score (nSPS) is 15.9. The lowest BCUT2D eigenvalue weighted by Crippen LogP contribution is -2.16. The summed E-state index contributed by atoms with van der Waals surface area (Å²) in [6.45, 7) is 0. The van der Waals surface area contributed by atoms with Crippen molar-refractivity contribution in [3.63, 3.8) is 0 Å². The van der Waals surface area contributed by atoms with E-state index >= 15 is 0 Å². The van der Waals surface area contributed by atoms with Gasteiger partial charge >= 0.3 is 0 Å². The Morgan fingerprint density at radius 1 is 0.292 bits per heavy atom. The van der Waals surface area contributed by atoms with E-state index in [-0.39, 0.29) is 19.6 Å². The molecule has 14 rings (SSSR count). The summed E-state index contributed by atoms with van der Waals surface area (Å²) in [5, 5.41) is 5.02. The zero-order valence-electron chi connectivity index (χ0n) is 38.1. The van der Waals surface area contributed by atoms with Gasteiger partial charge in [0, 0.05) is 22.5 Å². The third kappa shape index (κ3) is 6.29. The van der Waals surface area contributed by atoms with Gasteiger partial charge < -0.3 is 19.3 Å². The molecule has 4 aliphatic rings. The average Bonchev–Trinajstić information content (AvgIpc) is 3.91. The van der Waals surface area contributed by atoms with Crippen molar-refractivity contribution >= 4 is 106 Å². The van der Waals surface area contributed by atoms with Crippen LogP contribution in [-0.2, 0) is 19.7 Å². The van der Waals surface area contributed by atoms with Gasteiger partial charge in [-0.2, -0.15) is 0 Å². The van der Waals surface area contributed by atoms with E-state index in [2.05, 4.69) is 46.2 Å². The van der Waals surface area contributed by atoms with Crippen LogP contribution in [0.5, 0.6) is 23.0 Å². The number of sulfone groups is 2. The van der Waals surface area contributed by atoms with Crippen LogP contribution in [0.4, 0.5) is 34.1 Å². The summed E-state index contributed by atoms with van der Waals surface area (Å²) in [6.07, 6.45) is 6.45. The maximum atomic E-state index is 15.0. The molecule has 4 heterocycles. The molecule has 0 amide bonds. The summed E-state index contributed by atoms with van der Waals surface area (Å²) >= 11 is 0.